The topological polar surface area (TPSA) is 80.0 Å². The molecule has 1 heterocycles. The molecule has 1 atom stereocenters. The number of aromatic nitrogens is 3. The molecule has 2 N–H and O–H groups in total. The fraction of sp³-hybridized carbons (Fsp3) is 0.625. The number of carboxylic acid groups (broad SMARTS) is 1. The summed E-state index contributed by atoms with van der Waals surface area (Å²) in [6, 6.07) is 0.0996. The van der Waals surface area contributed by atoms with Gasteiger partial charge in [0.2, 0.25) is 0 Å². The maximum Gasteiger partial charge on any atom is 0.325 e. The van der Waals surface area contributed by atoms with Crippen molar-refractivity contribution in [1.29, 1.82) is 0 Å². The molecule has 6 nitrogen and oxygen atoms in total. The van der Waals surface area contributed by atoms with Crippen LogP contribution in [0.2, 0.25) is 0 Å². The fourth-order valence-electron chi connectivity index (χ4n) is 1.14. The molecular weight excluding hydrogens is 184 g/mol. The van der Waals surface area contributed by atoms with E-state index in [0.29, 0.717) is 0 Å². The molecular formula is C8H14N4O2. The summed E-state index contributed by atoms with van der Waals surface area (Å²) in [5.74, 6) is -0.919. The van der Waals surface area contributed by atoms with E-state index in [0.717, 1.165) is 12.2 Å². The van der Waals surface area contributed by atoms with Gasteiger partial charge < -0.3 is 10.4 Å². The van der Waals surface area contributed by atoms with E-state index in [4.69, 9.17) is 5.11 Å². The monoisotopic (exact) mass is 198 g/mol. The van der Waals surface area contributed by atoms with Gasteiger partial charge >= 0.3 is 5.97 Å². The van der Waals surface area contributed by atoms with Crippen molar-refractivity contribution in [3.8, 4) is 0 Å². The summed E-state index contributed by atoms with van der Waals surface area (Å²) in [6.07, 6.45) is 1.64. The number of carbonyl (C=O) groups is 1. The van der Waals surface area contributed by atoms with Crippen molar-refractivity contribution in [2.24, 2.45) is 0 Å². The quantitative estimate of drug-likeness (QED) is 0.698. The Hall–Kier alpha value is -1.43. The van der Waals surface area contributed by atoms with Gasteiger partial charge in [-0.2, -0.15) is 0 Å². The molecule has 0 fully saturated rings. The molecule has 1 rings (SSSR count). The van der Waals surface area contributed by atoms with Crippen molar-refractivity contribution in [3.63, 3.8) is 0 Å². The summed E-state index contributed by atoms with van der Waals surface area (Å²) >= 11 is 0. The van der Waals surface area contributed by atoms with Crippen molar-refractivity contribution in [2.75, 3.05) is 6.54 Å². The van der Waals surface area contributed by atoms with E-state index in [1.807, 2.05) is 13.8 Å². The van der Waals surface area contributed by atoms with Gasteiger partial charge in [-0.1, -0.05) is 12.1 Å². The van der Waals surface area contributed by atoms with Gasteiger partial charge in [0, 0.05) is 0 Å². The Morgan fingerprint density at radius 2 is 2.50 bits per heavy atom. The van der Waals surface area contributed by atoms with E-state index in [2.05, 4.69) is 15.6 Å². The van der Waals surface area contributed by atoms with Gasteiger partial charge in [-0.05, 0) is 13.5 Å². The van der Waals surface area contributed by atoms with Gasteiger partial charge in [-0.3, -0.25) is 4.79 Å². The van der Waals surface area contributed by atoms with Crippen LogP contribution in [0.3, 0.4) is 0 Å². The second-order valence-electron chi connectivity index (χ2n) is 3.01. The van der Waals surface area contributed by atoms with Crippen molar-refractivity contribution in [3.05, 3.63) is 11.9 Å². The van der Waals surface area contributed by atoms with E-state index < -0.39 is 5.97 Å². The van der Waals surface area contributed by atoms with Gasteiger partial charge in [-0.15, -0.1) is 5.10 Å². The zero-order valence-electron chi connectivity index (χ0n) is 8.27. The molecule has 0 spiro atoms. The van der Waals surface area contributed by atoms with Crippen LogP contribution in [-0.2, 0) is 11.3 Å². The van der Waals surface area contributed by atoms with Gasteiger partial charge in [0.25, 0.3) is 0 Å². The maximum absolute atomic E-state index is 10.4. The molecule has 0 aliphatic rings. The standard InChI is InChI=1S/C8H14N4O2/c1-3-9-6(2)7-4-12(11-10-7)5-8(13)14/h4,6,9H,3,5H2,1-2H3,(H,13,14). The number of hydrogen-bond donors (Lipinski definition) is 2. The van der Waals surface area contributed by atoms with Crippen LogP contribution in [0.1, 0.15) is 25.6 Å². The average molecular weight is 198 g/mol. The number of rotatable bonds is 5. The first-order valence-corrected chi connectivity index (χ1v) is 4.48. The third kappa shape index (κ3) is 2.81. The number of hydrogen-bond acceptors (Lipinski definition) is 4. The summed E-state index contributed by atoms with van der Waals surface area (Å²) < 4.78 is 1.31. The Balaban J connectivity index is 2.62. The van der Waals surface area contributed by atoms with Crippen molar-refractivity contribution in [2.45, 2.75) is 26.4 Å². The highest BCUT2D eigenvalue weighted by Crippen LogP contribution is 2.06. The number of nitrogens with zero attached hydrogens (tertiary/aromatic N) is 3. The first-order chi connectivity index (χ1) is 6.63. The lowest BCUT2D eigenvalue weighted by Gasteiger charge is -2.06. The predicted octanol–water partition coefficient (Wildman–Crippen LogP) is 0.0332. The lowest BCUT2D eigenvalue weighted by Crippen LogP contribution is -2.18. The lowest BCUT2D eigenvalue weighted by molar-refractivity contribution is -0.137. The second-order valence-corrected chi connectivity index (χ2v) is 3.01. The molecule has 1 aromatic heterocycles. The van der Waals surface area contributed by atoms with E-state index in [1.54, 1.807) is 6.20 Å². The Morgan fingerprint density at radius 3 is 3.07 bits per heavy atom. The summed E-state index contributed by atoms with van der Waals surface area (Å²) in [5.41, 5.74) is 0.758. The van der Waals surface area contributed by atoms with Gasteiger partial charge in [-0.25, -0.2) is 4.68 Å². The fourth-order valence-corrected chi connectivity index (χ4v) is 1.14. The molecule has 1 unspecified atom stereocenters. The Kier molecular flexibility index (Phi) is 3.58. The van der Waals surface area contributed by atoms with Crippen molar-refractivity contribution >= 4 is 5.97 Å². The molecule has 78 valence electrons. The zero-order chi connectivity index (χ0) is 10.6. The normalized spacial score (nSPS) is 12.7. The van der Waals surface area contributed by atoms with Crippen LogP contribution in [0.4, 0.5) is 0 Å². The van der Waals surface area contributed by atoms with E-state index in [-0.39, 0.29) is 12.6 Å². The highest BCUT2D eigenvalue weighted by molar-refractivity contribution is 5.66. The molecule has 0 saturated carbocycles. The molecule has 0 aliphatic heterocycles. The van der Waals surface area contributed by atoms with Crippen LogP contribution < -0.4 is 5.32 Å². The zero-order valence-corrected chi connectivity index (χ0v) is 8.27. The molecule has 0 saturated heterocycles. The largest absolute Gasteiger partial charge is 0.480 e. The molecule has 14 heavy (non-hydrogen) atoms. The maximum atomic E-state index is 10.4. The minimum absolute atomic E-state index is 0.0996. The van der Waals surface area contributed by atoms with E-state index >= 15 is 0 Å². The van der Waals surface area contributed by atoms with Gasteiger partial charge in [0.05, 0.1) is 17.9 Å². The molecule has 0 aliphatic carbocycles. The number of aliphatic carboxylic acids is 1. The Labute approximate surface area is 81.9 Å². The highest BCUT2D eigenvalue weighted by atomic mass is 16.4. The predicted molar refractivity (Wildman–Crippen MR) is 49.7 cm³/mol. The number of carboxylic acids is 1. The summed E-state index contributed by atoms with van der Waals surface area (Å²) in [6.45, 7) is 4.65. The van der Waals surface area contributed by atoms with Crippen LogP contribution in [-0.4, -0.2) is 32.6 Å². The van der Waals surface area contributed by atoms with Crippen LogP contribution in [0.5, 0.6) is 0 Å². The smallest absolute Gasteiger partial charge is 0.325 e. The molecule has 0 bridgehead atoms. The summed E-state index contributed by atoms with van der Waals surface area (Å²) in [4.78, 5) is 10.4. The first kappa shape index (κ1) is 10.6. The number of nitrogens with one attached hydrogen (secondary N) is 1. The Bertz CT molecular complexity index is 310. The van der Waals surface area contributed by atoms with E-state index in [1.165, 1.54) is 4.68 Å². The lowest BCUT2D eigenvalue weighted by atomic mass is 10.2. The SMILES string of the molecule is CCNC(C)c1cn(CC(=O)O)nn1. The van der Waals surface area contributed by atoms with Crippen molar-refractivity contribution in [1.82, 2.24) is 20.3 Å². The third-order valence-corrected chi connectivity index (χ3v) is 1.81. The molecule has 1 aromatic rings. The Morgan fingerprint density at radius 1 is 1.79 bits per heavy atom. The van der Waals surface area contributed by atoms with E-state index in [9.17, 15) is 4.79 Å². The minimum Gasteiger partial charge on any atom is -0.480 e. The van der Waals surface area contributed by atoms with Crippen LogP contribution >= 0.6 is 0 Å². The third-order valence-electron chi connectivity index (χ3n) is 1.81. The summed E-state index contributed by atoms with van der Waals surface area (Å²) in [7, 11) is 0. The van der Waals surface area contributed by atoms with Crippen molar-refractivity contribution < 1.29 is 9.90 Å². The van der Waals surface area contributed by atoms with Gasteiger partial charge in [0.1, 0.15) is 6.54 Å². The molecule has 6 heteroatoms. The molecule has 0 radical (unpaired) electrons. The molecule has 0 amide bonds. The van der Waals surface area contributed by atoms with Crippen LogP contribution in [0, 0.1) is 0 Å². The van der Waals surface area contributed by atoms with Gasteiger partial charge in [0.15, 0.2) is 0 Å². The average Bonchev–Trinajstić information content (AvgIpc) is 2.52. The minimum atomic E-state index is -0.919. The highest BCUT2D eigenvalue weighted by Gasteiger charge is 2.09. The second kappa shape index (κ2) is 4.71. The van der Waals surface area contributed by atoms with Crippen LogP contribution in [0.15, 0.2) is 6.20 Å². The summed E-state index contributed by atoms with van der Waals surface area (Å²) in [5, 5.41) is 19.3. The van der Waals surface area contributed by atoms with Crippen LogP contribution in [0.25, 0.3) is 0 Å². The molecule has 0 aromatic carbocycles. The first-order valence-electron chi connectivity index (χ1n) is 4.48.